The largest absolute Gasteiger partial charge is 0.480 e. The highest BCUT2D eigenvalue weighted by Gasteiger charge is 2.51. The highest BCUT2D eigenvalue weighted by atomic mass is 16.4. The second-order valence-corrected chi connectivity index (χ2v) is 5.24. The number of nitrogen functional groups attached to an aromatic ring is 1. The summed E-state index contributed by atoms with van der Waals surface area (Å²) in [7, 11) is 0. The summed E-state index contributed by atoms with van der Waals surface area (Å²) >= 11 is 0. The van der Waals surface area contributed by atoms with Crippen molar-refractivity contribution in [3.8, 4) is 0 Å². The number of nitrogens with two attached hydrogens (primary N) is 2. The Morgan fingerprint density at radius 3 is 2.24 bits per heavy atom. The van der Waals surface area contributed by atoms with Gasteiger partial charge in [0.1, 0.15) is 6.04 Å². The van der Waals surface area contributed by atoms with Crippen LogP contribution in [0.4, 0.5) is 5.69 Å². The zero-order chi connectivity index (χ0) is 15.6. The molecule has 0 spiro atoms. The van der Waals surface area contributed by atoms with Gasteiger partial charge in [-0.2, -0.15) is 0 Å². The van der Waals surface area contributed by atoms with Gasteiger partial charge in [0.2, 0.25) is 11.8 Å². The maximum atomic E-state index is 12.4. The Kier molecular flexibility index (Phi) is 3.84. The Morgan fingerprint density at radius 2 is 1.81 bits per heavy atom. The van der Waals surface area contributed by atoms with Gasteiger partial charge < -0.3 is 21.9 Å². The van der Waals surface area contributed by atoms with Gasteiger partial charge in [-0.25, -0.2) is 4.79 Å². The first-order valence-corrected chi connectivity index (χ1v) is 6.53. The predicted octanol–water partition coefficient (Wildman–Crippen LogP) is -0.255. The van der Waals surface area contributed by atoms with Crippen molar-refractivity contribution < 1.29 is 19.5 Å². The number of hydrogen-bond donors (Lipinski definition) is 4. The Hall–Kier alpha value is -2.57. The molecule has 2 amide bonds. The van der Waals surface area contributed by atoms with Crippen LogP contribution in [0.3, 0.4) is 0 Å². The molecule has 1 atom stereocenters. The summed E-state index contributed by atoms with van der Waals surface area (Å²) in [6.45, 7) is 0. The van der Waals surface area contributed by atoms with E-state index in [-0.39, 0.29) is 0 Å². The van der Waals surface area contributed by atoms with E-state index < -0.39 is 35.7 Å². The number of hydrogen-bond acceptors (Lipinski definition) is 4. The van der Waals surface area contributed by atoms with E-state index in [0.29, 0.717) is 18.5 Å². The van der Waals surface area contributed by atoms with Crippen molar-refractivity contribution in [3.63, 3.8) is 0 Å². The van der Waals surface area contributed by atoms with E-state index in [1.807, 2.05) is 0 Å². The molecule has 7 nitrogen and oxygen atoms in total. The predicted molar refractivity (Wildman–Crippen MR) is 75.1 cm³/mol. The number of carboxylic acid groups (broad SMARTS) is 1. The molecule has 1 saturated carbocycles. The average molecular weight is 291 g/mol. The van der Waals surface area contributed by atoms with Gasteiger partial charge in [0.15, 0.2) is 0 Å². The lowest BCUT2D eigenvalue weighted by Gasteiger charge is -2.19. The number of primary amides is 1. The molecule has 0 aliphatic heterocycles. The molecule has 0 saturated heterocycles. The number of carbonyl (C=O) groups is 3. The summed E-state index contributed by atoms with van der Waals surface area (Å²) in [6, 6.07) is 5.60. The molecule has 112 valence electrons. The number of aliphatic carboxylic acids is 1. The molecule has 1 aromatic rings. The van der Waals surface area contributed by atoms with Crippen LogP contribution in [-0.2, 0) is 19.8 Å². The van der Waals surface area contributed by atoms with Gasteiger partial charge in [-0.05, 0) is 30.5 Å². The zero-order valence-electron chi connectivity index (χ0n) is 11.3. The molecule has 6 N–H and O–H groups in total. The third-order valence-corrected chi connectivity index (χ3v) is 3.66. The molecular weight excluding hydrogens is 274 g/mol. The highest BCUT2D eigenvalue weighted by Crippen LogP contribution is 2.48. The molecule has 1 aromatic carbocycles. The van der Waals surface area contributed by atoms with Crippen LogP contribution in [0.1, 0.15) is 24.8 Å². The first kappa shape index (κ1) is 14.8. The lowest BCUT2D eigenvalue weighted by atomic mass is 9.94. The van der Waals surface area contributed by atoms with E-state index in [9.17, 15) is 14.4 Å². The maximum Gasteiger partial charge on any atom is 0.326 e. The van der Waals surface area contributed by atoms with Crippen LogP contribution in [0, 0.1) is 0 Å². The molecule has 0 heterocycles. The van der Waals surface area contributed by atoms with Gasteiger partial charge in [-0.1, -0.05) is 12.1 Å². The van der Waals surface area contributed by atoms with Crippen molar-refractivity contribution in [2.75, 3.05) is 5.73 Å². The fraction of sp³-hybridized carbons (Fsp3) is 0.357. The molecule has 1 aliphatic rings. The molecule has 0 aromatic heterocycles. The van der Waals surface area contributed by atoms with Gasteiger partial charge in [-0.3, -0.25) is 9.59 Å². The SMILES string of the molecule is NC(=O)CC(NC(=O)C1(c2ccc(N)cc2)CC1)C(=O)O. The van der Waals surface area contributed by atoms with Crippen LogP contribution in [0.2, 0.25) is 0 Å². The van der Waals surface area contributed by atoms with Crippen LogP contribution < -0.4 is 16.8 Å². The average Bonchev–Trinajstić information content (AvgIpc) is 3.19. The van der Waals surface area contributed by atoms with E-state index >= 15 is 0 Å². The Balaban J connectivity index is 2.13. The minimum Gasteiger partial charge on any atom is -0.480 e. The van der Waals surface area contributed by atoms with Crippen molar-refractivity contribution in [2.24, 2.45) is 5.73 Å². The number of carboxylic acids is 1. The van der Waals surface area contributed by atoms with E-state index in [4.69, 9.17) is 16.6 Å². The van der Waals surface area contributed by atoms with Gasteiger partial charge in [-0.15, -0.1) is 0 Å². The number of amides is 2. The Labute approximate surface area is 121 Å². The summed E-state index contributed by atoms with van der Waals surface area (Å²) in [5.41, 5.74) is 11.3. The summed E-state index contributed by atoms with van der Waals surface area (Å²) in [4.78, 5) is 34.3. The quantitative estimate of drug-likeness (QED) is 0.536. The smallest absolute Gasteiger partial charge is 0.326 e. The van der Waals surface area contributed by atoms with Gasteiger partial charge in [0.05, 0.1) is 11.8 Å². The molecule has 21 heavy (non-hydrogen) atoms. The minimum absolute atomic E-state index is 0.402. The van der Waals surface area contributed by atoms with E-state index in [1.54, 1.807) is 24.3 Å². The van der Waals surface area contributed by atoms with E-state index in [2.05, 4.69) is 5.32 Å². The molecule has 2 rings (SSSR count). The first-order chi connectivity index (χ1) is 9.85. The molecule has 1 unspecified atom stereocenters. The second kappa shape index (κ2) is 5.43. The van der Waals surface area contributed by atoms with Gasteiger partial charge >= 0.3 is 5.97 Å². The van der Waals surface area contributed by atoms with Gasteiger partial charge in [0.25, 0.3) is 0 Å². The third-order valence-electron chi connectivity index (χ3n) is 3.66. The molecule has 0 bridgehead atoms. The Morgan fingerprint density at radius 1 is 1.24 bits per heavy atom. The lowest BCUT2D eigenvalue weighted by Crippen LogP contribution is -2.47. The number of benzene rings is 1. The minimum atomic E-state index is -1.30. The van der Waals surface area contributed by atoms with Crippen molar-refractivity contribution in [1.29, 1.82) is 0 Å². The molecule has 1 aliphatic carbocycles. The fourth-order valence-corrected chi connectivity index (χ4v) is 2.27. The number of nitrogens with one attached hydrogen (secondary N) is 1. The fourth-order valence-electron chi connectivity index (χ4n) is 2.27. The molecule has 0 radical (unpaired) electrons. The lowest BCUT2D eigenvalue weighted by molar-refractivity contribution is -0.143. The molecular formula is C14H17N3O4. The van der Waals surface area contributed by atoms with Crippen LogP contribution >= 0.6 is 0 Å². The van der Waals surface area contributed by atoms with Crippen LogP contribution in [-0.4, -0.2) is 28.9 Å². The van der Waals surface area contributed by atoms with Crippen LogP contribution in [0.5, 0.6) is 0 Å². The number of rotatable bonds is 6. The maximum absolute atomic E-state index is 12.4. The van der Waals surface area contributed by atoms with Gasteiger partial charge in [0, 0.05) is 5.69 Å². The third kappa shape index (κ3) is 3.13. The molecule has 1 fully saturated rings. The number of anilines is 1. The van der Waals surface area contributed by atoms with E-state index in [1.165, 1.54) is 0 Å². The molecule has 7 heteroatoms. The van der Waals surface area contributed by atoms with E-state index in [0.717, 1.165) is 5.56 Å². The Bertz CT molecular complexity index is 578. The monoisotopic (exact) mass is 291 g/mol. The summed E-state index contributed by atoms with van der Waals surface area (Å²) < 4.78 is 0. The second-order valence-electron chi connectivity index (χ2n) is 5.24. The standard InChI is InChI=1S/C14H17N3O4/c15-9-3-1-8(2-4-9)14(5-6-14)13(21)17-10(12(19)20)7-11(16)18/h1-4,10H,5-7,15H2,(H2,16,18)(H,17,21)(H,19,20). The summed E-state index contributed by atoms with van der Waals surface area (Å²) in [5.74, 6) is -2.46. The number of carbonyl (C=O) groups excluding carboxylic acids is 2. The van der Waals surface area contributed by atoms with Crippen LogP contribution in [0.25, 0.3) is 0 Å². The highest BCUT2D eigenvalue weighted by molar-refractivity contribution is 5.95. The van der Waals surface area contributed by atoms with Crippen molar-refractivity contribution >= 4 is 23.5 Å². The summed E-state index contributed by atoms with van der Waals surface area (Å²) in [6.07, 6.45) is 0.830. The van der Waals surface area contributed by atoms with Crippen molar-refractivity contribution in [3.05, 3.63) is 29.8 Å². The summed E-state index contributed by atoms with van der Waals surface area (Å²) in [5, 5.41) is 11.4. The van der Waals surface area contributed by atoms with Crippen LogP contribution in [0.15, 0.2) is 24.3 Å². The zero-order valence-corrected chi connectivity index (χ0v) is 11.3. The normalized spacial score (nSPS) is 16.8. The van der Waals surface area contributed by atoms with Crippen molar-refractivity contribution in [1.82, 2.24) is 5.32 Å². The topological polar surface area (TPSA) is 136 Å². The van der Waals surface area contributed by atoms with Crippen molar-refractivity contribution in [2.45, 2.75) is 30.7 Å². The first-order valence-electron chi connectivity index (χ1n) is 6.53.